The van der Waals surface area contributed by atoms with E-state index in [0.29, 0.717) is 31.5 Å². The van der Waals surface area contributed by atoms with Crippen LogP contribution in [-0.2, 0) is 19.7 Å². The summed E-state index contributed by atoms with van der Waals surface area (Å²) in [5, 5.41) is 23.6. The zero-order chi connectivity index (χ0) is 20.4. The molecule has 8 nitrogen and oxygen atoms in total. The SMILES string of the molecule is COC(=O)N1c2ccccc2[C@@]23[C@H]4C(=O)[C@@]5(O)[C@@H]6O[C@@H]4N4CC[C@H](O)[C@]6(CC[C@]125)[C@H]43. The van der Waals surface area contributed by atoms with Gasteiger partial charge >= 0.3 is 6.09 Å². The number of nitrogens with zero attached hydrogens (tertiary/aromatic N) is 2. The number of amides is 1. The van der Waals surface area contributed by atoms with Gasteiger partial charge in [0.05, 0.1) is 30.2 Å². The second kappa shape index (κ2) is 4.32. The molecule has 30 heavy (non-hydrogen) atoms. The first kappa shape index (κ1) is 16.7. The third-order valence-corrected chi connectivity index (χ3v) is 10.0. The summed E-state index contributed by atoms with van der Waals surface area (Å²) in [5.41, 5.74) is -2.92. The Morgan fingerprint density at radius 1 is 1.30 bits per heavy atom. The van der Waals surface area contributed by atoms with E-state index in [1.54, 1.807) is 4.90 Å². The average molecular weight is 410 g/mol. The van der Waals surface area contributed by atoms with Crippen molar-refractivity contribution in [1.82, 2.24) is 4.90 Å². The zero-order valence-corrected chi connectivity index (χ0v) is 16.4. The van der Waals surface area contributed by atoms with Crippen LogP contribution in [0.5, 0.6) is 0 Å². The van der Waals surface area contributed by atoms with Crippen molar-refractivity contribution in [3.05, 3.63) is 29.8 Å². The topological polar surface area (TPSA) is 99.5 Å². The highest BCUT2D eigenvalue weighted by molar-refractivity contribution is 6.08. The summed E-state index contributed by atoms with van der Waals surface area (Å²) >= 11 is 0. The van der Waals surface area contributed by atoms with Gasteiger partial charge < -0.3 is 19.7 Å². The van der Waals surface area contributed by atoms with E-state index in [-0.39, 0.29) is 11.8 Å². The van der Waals surface area contributed by atoms with Gasteiger partial charge in [0.1, 0.15) is 17.9 Å². The average Bonchev–Trinajstić information content (AvgIpc) is 3.21. The molecule has 4 aliphatic carbocycles. The summed E-state index contributed by atoms with van der Waals surface area (Å²) in [7, 11) is 1.33. The minimum atomic E-state index is -1.86. The Balaban J connectivity index is 1.58. The van der Waals surface area contributed by atoms with Gasteiger partial charge in [0.25, 0.3) is 0 Å². The van der Waals surface area contributed by atoms with E-state index in [1.165, 1.54) is 7.11 Å². The number of piperidine rings is 1. The van der Waals surface area contributed by atoms with Crippen LogP contribution >= 0.6 is 0 Å². The number of carbonyl (C=O) groups excluding carboxylic acids is 2. The Kier molecular flexibility index (Phi) is 2.40. The summed E-state index contributed by atoms with van der Waals surface area (Å²) < 4.78 is 11.7. The van der Waals surface area contributed by atoms with Gasteiger partial charge in [-0.05, 0) is 30.9 Å². The van der Waals surface area contributed by atoms with Crippen LogP contribution in [0.3, 0.4) is 0 Å². The normalized spacial score (nSPS) is 57.2. The fraction of sp³-hybridized carbons (Fsp3) is 0.636. The number of aliphatic hydroxyl groups is 2. The molecule has 9 bridgehead atoms. The highest BCUT2D eigenvalue weighted by Gasteiger charge is 3.01. The van der Waals surface area contributed by atoms with Gasteiger partial charge in [-0.1, -0.05) is 18.2 Å². The number of hydrogen-bond donors (Lipinski definition) is 2. The summed E-state index contributed by atoms with van der Waals surface area (Å²) in [5.74, 6) is -0.789. The number of methoxy groups -OCH3 is 1. The fourth-order valence-electron chi connectivity index (χ4n) is 9.66. The molecule has 9 aliphatic rings. The molecule has 8 heteroatoms. The Morgan fingerprint density at radius 3 is 2.90 bits per heavy atom. The quantitative estimate of drug-likeness (QED) is 0.628. The lowest BCUT2D eigenvalue weighted by atomic mass is 9.38. The van der Waals surface area contributed by atoms with E-state index in [1.807, 2.05) is 24.3 Å². The Hall–Kier alpha value is -2.00. The number of rotatable bonds is 0. The van der Waals surface area contributed by atoms with E-state index in [9.17, 15) is 19.8 Å². The number of Topliss-reactive ketones (excluding diaryl/α,β-unsaturated/α-hetero) is 1. The first-order valence-corrected chi connectivity index (χ1v) is 10.8. The highest BCUT2D eigenvalue weighted by Crippen LogP contribution is 2.85. The molecule has 3 spiro atoms. The molecule has 0 aromatic heterocycles. The fourth-order valence-corrected chi connectivity index (χ4v) is 9.66. The Bertz CT molecular complexity index is 1090. The van der Waals surface area contributed by atoms with E-state index in [4.69, 9.17) is 9.47 Å². The lowest BCUT2D eigenvalue weighted by Crippen LogP contribution is -2.91. The van der Waals surface area contributed by atoms with Gasteiger partial charge in [0.2, 0.25) is 0 Å². The maximum Gasteiger partial charge on any atom is 0.414 e. The van der Waals surface area contributed by atoms with Crippen molar-refractivity contribution >= 4 is 17.6 Å². The van der Waals surface area contributed by atoms with Crippen LogP contribution in [0.4, 0.5) is 10.5 Å². The van der Waals surface area contributed by atoms with Gasteiger partial charge in [-0.25, -0.2) is 4.79 Å². The molecule has 8 fully saturated rings. The minimum Gasteiger partial charge on any atom is -0.452 e. The highest BCUT2D eigenvalue weighted by atomic mass is 16.6. The molecular formula is C22H22N2O6. The molecule has 1 aromatic rings. The van der Waals surface area contributed by atoms with Crippen molar-refractivity contribution in [2.45, 2.75) is 60.3 Å². The Morgan fingerprint density at radius 2 is 2.10 bits per heavy atom. The summed E-state index contributed by atoms with van der Waals surface area (Å²) in [4.78, 5) is 31.0. The van der Waals surface area contributed by atoms with Gasteiger partial charge in [0, 0.05) is 18.0 Å². The summed E-state index contributed by atoms with van der Waals surface area (Å²) in [6, 6.07) is 7.52. The van der Waals surface area contributed by atoms with Crippen LogP contribution in [0.2, 0.25) is 0 Å². The number of carbonyl (C=O) groups is 2. The number of hydrogen-bond acceptors (Lipinski definition) is 7. The maximum absolute atomic E-state index is 14.0. The van der Waals surface area contributed by atoms with Crippen molar-refractivity contribution in [3.63, 3.8) is 0 Å². The van der Waals surface area contributed by atoms with Gasteiger partial charge in [-0.15, -0.1) is 0 Å². The van der Waals surface area contributed by atoms with Crippen LogP contribution in [-0.4, -0.2) is 76.3 Å². The third kappa shape index (κ3) is 1.07. The van der Waals surface area contributed by atoms with E-state index < -0.39 is 52.4 Å². The van der Waals surface area contributed by atoms with Gasteiger partial charge in [-0.2, -0.15) is 0 Å². The molecule has 1 aromatic carbocycles. The monoisotopic (exact) mass is 410 g/mol. The number of fused-ring (bicyclic) bond motifs is 2. The van der Waals surface area contributed by atoms with Crippen molar-refractivity contribution < 1.29 is 29.3 Å². The molecule has 0 radical (unpaired) electrons. The van der Waals surface area contributed by atoms with Crippen LogP contribution < -0.4 is 4.90 Å². The molecule has 4 saturated carbocycles. The second-order valence-corrected chi connectivity index (χ2v) is 10.1. The Labute approximate surface area is 172 Å². The second-order valence-electron chi connectivity index (χ2n) is 10.1. The van der Waals surface area contributed by atoms with Crippen LogP contribution in [0.1, 0.15) is 24.8 Å². The van der Waals surface area contributed by atoms with Crippen LogP contribution in [0, 0.1) is 11.3 Å². The molecule has 4 saturated heterocycles. The number of ketones is 1. The minimum absolute atomic E-state index is 0.154. The van der Waals surface area contributed by atoms with Gasteiger partial charge in [-0.3, -0.25) is 14.6 Å². The van der Waals surface area contributed by atoms with E-state index in [2.05, 4.69) is 4.90 Å². The molecule has 1 amide bonds. The summed E-state index contributed by atoms with van der Waals surface area (Å²) in [6.45, 7) is 0.644. The molecule has 156 valence electrons. The maximum atomic E-state index is 14.0. The molecule has 5 aliphatic heterocycles. The molecule has 1 unspecified atom stereocenters. The van der Waals surface area contributed by atoms with E-state index in [0.717, 1.165) is 5.56 Å². The van der Waals surface area contributed by atoms with Crippen molar-refractivity contribution in [2.75, 3.05) is 18.6 Å². The largest absolute Gasteiger partial charge is 0.452 e. The predicted molar refractivity (Wildman–Crippen MR) is 101 cm³/mol. The van der Waals surface area contributed by atoms with Crippen LogP contribution in [0.25, 0.3) is 0 Å². The number of benzene rings is 1. The molecule has 5 heterocycles. The van der Waals surface area contributed by atoms with Crippen LogP contribution in [0.15, 0.2) is 24.3 Å². The zero-order valence-electron chi connectivity index (χ0n) is 16.4. The van der Waals surface area contributed by atoms with Crippen molar-refractivity contribution in [1.29, 1.82) is 0 Å². The smallest absolute Gasteiger partial charge is 0.414 e. The number of para-hydroxylation sites is 1. The summed E-state index contributed by atoms with van der Waals surface area (Å²) in [6.07, 6.45) is -0.819. The lowest BCUT2D eigenvalue weighted by Gasteiger charge is -2.74. The standard InChI is InChI=1S/C22H22N2O6/c1-29-18(27)24-11-5-3-2-4-10(11)21-13-14(26)22(28)17-19(7-8-20(21,22)24)12(25)6-9-23(16(19)21)15(13)30-17/h2-5,12-13,15-17,25,28H,6-9H2,1H3/t12-,13-,15-,16-,17+,19+,20-,21-,22+/m0/s1. The molecular weight excluding hydrogens is 388 g/mol. The third-order valence-electron chi connectivity index (χ3n) is 10.0. The predicted octanol–water partition coefficient (Wildman–Crippen LogP) is 0.147. The lowest BCUT2D eigenvalue weighted by molar-refractivity contribution is -0.350. The number of ether oxygens (including phenoxy) is 2. The van der Waals surface area contributed by atoms with Gasteiger partial charge in [0.15, 0.2) is 11.4 Å². The van der Waals surface area contributed by atoms with Crippen molar-refractivity contribution in [2.24, 2.45) is 11.3 Å². The van der Waals surface area contributed by atoms with Crippen molar-refractivity contribution in [3.8, 4) is 0 Å². The first-order chi connectivity index (χ1) is 14.4. The number of aliphatic hydroxyl groups excluding tert-OH is 1. The molecule has 2 N–H and O–H groups in total. The van der Waals surface area contributed by atoms with E-state index >= 15 is 0 Å². The first-order valence-electron chi connectivity index (χ1n) is 10.8. The molecule has 10 rings (SSSR count). The number of anilines is 1. The molecule has 10 atom stereocenters.